The molecule has 0 spiro atoms. The van der Waals surface area contributed by atoms with E-state index in [2.05, 4.69) is 4.98 Å². The number of rotatable bonds is 1. The van der Waals surface area contributed by atoms with E-state index in [4.69, 9.17) is 23.2 Å². The summed E-state index contributed by atoms with van der Waals surface area (Å²) in [6.07, 6.45) is 0. The predicted octanol–water partition coefficient (Wildman–Crippen LogP) is 3.56. The highest BCUT2D eigenvalue weighted by atomic mass is 35.5. The minimum Gasteiger partial charge on any atom is -0.350 e. The van der Waals surface area contributed by atoms with Gasteiger partial charge in [0.1, 0.15) is 5.69 Å². The summed E-state index contributed by atoms with van der Waals surface area (Å²) in [5.74, 6) is -0.0752. The van der Waals surface area contributed by atoms with Crippen LogP contribution in [-0.4, -0.2) is 51.8 Å². The van der Waals surface area contributed by atoms with Crippen LogP contribution in [-0.2, 0) is 4.79 Å². The second kappa shape index (κ2) is 5.97. The molecule has 1 saturated heterocycles. The first-order valence-electron chi connectivity index (χ1n) is 7.75. The number of nitrogens with one attached hydrogen (secondary N) is 1. The lowest BCUT2D eigenvalue weighted by Gasteiger charge is -2.46. The van der Waals surface area contributed by atoms with Crippen molar-refractivity contribution in [3.8, 4) is 0 Å². The van der Waals surface area contributed by atoms with Crippen molar-refractivity contribution in [1.82, 2.24) is 14.8 Å². The van der Waals surface area contributed by atoms with E-state index in [1.165, 1.54) is 0 Å². The molecule has 2 heterocycles. The Bertz CT molecular complexity index is 829. The topological polar surface area (TPSA) is 56.4 Å². The van der Waals surface area contributed by atoms with Crippen molar-refractivity contribution in [1.29, 1.82) is 0 Å². The highest BCUT2D eigenvalue weighted by Crippen LogP contribution is 2.32. The Morgan fingerprint density at radius 3 is 2.54 bits per heavy atom. The van der Waals surface area contributed by atoms with Crippen LogP contribution in [0.3, 0.4) is 0 Å². The van der Waals surface area contributed by atoms with E-state index in [1.807, 2.05) is 13.8 Å². The monoisotopic (exact) mass is 367 g/mol. The molecule has 24 heavy (non-hydrogen) atoms. The summed E-state index contributed by atoms with van der Waals surface area (Å²) in [6.45, 7) is 7.01. The molecule has 0 bridgehead atoms. The number of halogens is 2. The number of carbonyl (C=O) groups is 2. The molecule has 5 nitrogen and oxygen atoms in total. The van der Waals surface area contributed by atoms with Crippen LogP contribution in [0.2, 0.25) is 10.0 Å². The van der Waals surface area contributed by atoms with Crippen LogP contribution in [0.4, 0.5) is 0 Å². The van der Waals surface area contributed by atoms with Crippen LogP contribution in [0.25, 0.3) is 10.9 Å². The van der Waals surface area contributed by atoms with Gasteiger partial charge in [-0.3, -0.25) is 9.59 Å². The van der Waals surface area contributed by atoms with E-state index >= 15 is 0 Å². The quantitative estimate of drug-likeness (QED) is 0.837. The first kappa shape index (κ1) is 17.1. The van der Waals surface area contributed by atoms with Crippen LogP contribution in [0.1, 0.15) is 31.3 Å². The fourth-order valence-electron chi connectivity index (χ4n) is 3.34. The Morgan fingerprint density at radius 1 is 1.21 bits per heavy atom. The molecule has 2 amide bonds. The molecule has 1 N–H and O–H groups in total. The highest BCUT2D eigenvalue weighted by molar-refractivity contribution is 6.45. The number of benzene rings is 1. The average molecular weight is 368 g/mol. The molecule has 0 radical (unpaired) electrons. The standard InChI is InChI=1S/C17H19Cl2N3O2/c1-10(23)22-7-6-21(9-17(22,2)3)16(24)14-8-11-13(20-14)5-4-12(18)15(11)19/h4-5,8,20H,6-7,9H2,1-3H3. The van der Waals surface area contributed by atoms with Crippen LogP contribution in [0.15, 0.2) is 18.2 Å². The van der Waals surface area contributed by atoms with Crippen molar-refractivity contribution in [3.05, 3.63) is 33.9 Å². The van der Waals surface area contributed by atoms with E-state index in [9.17, 15) is 9.59 Å². The Kier molecular flexibility index (Phi) is 4.26. The summed E-state index contributed by atoms with van der Waals surface area (Å²) >= 11 is 12.2. The molecule has 7 heteroatoms. The maximum absolute atomic E-state index is 12.8. The van der Waals surface area contributed by atoms with Gasteiger partial charge in [0, 0.05) is 37.5 Å². The van der Waals surface area contributed by atoms with Crippen molar-refractivity contribution in [2.24, 2.45) is 0 Å². The average Bonchev–Trinajstić information content (AvgIpc) is 2.93. The third-order valence-corrected chi connectivity index (χ3v) is 5.31. The van der Waals surface area contributed by atoms with Crippen molar-refractivity contribution in [2.45, 2.75) is 26.3 Å². The molecule has 1 aromatic carbocycles. The SMILES string of the molecule is CC(=O)N1CCN(C(=O)c2cc3c(Cl)c(Cl)ccc3[nH]2)CC1(C)C. The van der Waals surface area contributed by atoms with Crippen molar-refractivity contribution in [3.63, 3.8) is 0 Å². The molecule has 0 atom stereocenters. The summed E-state index contributed by atoms with van der Waals surface area (Å²) < 4.78 is 0. The van der Waals surface area contributed by atoms with Gasteiger partial charge in [-0.15, -0.1) is 0 Å². The van der Waals surface area contributed by atoms with E-state index in [1.54, 1.807) is 34.9 Å². The lowest BCUT2D eigenvalue weighted by atomic mass is 9.98. The fourth-order valence-corrected chi connectivity index (χ4v) is 3.72. The van der Waals surface area contributed by atoms with Gasteiger partial charge in [-0.2, -0.15) is 0 Å². The number of aromatic nitrogens is 1. The largest absolute Gasteiger partial charge is 0.350 e. The maximum Gasteiger partial charge on any atom is 0.270 e. The minimum atomic E-state index is -0.396. The van der Waals surface area contributed by atoms with Gasteiger partial charge in [0.15, 0.2) is 0 Å². The Balaban J connectivity index is 1.88. The zero-order chi connectivity index (χ0) is 17.6. The molecule has 1 fully saturated rings. The highest BCUT2D eigenvalue weighted by Gasteiger charge is 2.37. The number of aromatic amines is 1. The van der Waals surface area contributed by atoms with Gasteiger partial charge in [0.2, 0.25) is 5.91 Å². The van der Waals surface area contributed by atoms with E-state index in [0.29, 0.717) is 35.4 Å². The fraction of sp³-hybridized carbons (Fsp3) is 0.412. The van der Waals surface area contributed by atoms with Gasteiger partial charge < -0.3 is 14.8 Å². The summed E-state index contributed by atoms with van der Waals surface area (Å²) in [5.41, 5.74) is 0.850. The molecule has 0 unspecified atom stereocenters. The van der Waals surface area contributed by atoms with Crippen molar-refractivity contribution >= 4 is 45.9 Å². The van der Waals surface area contributed by atoms with Crippen molar-refractivity contribution in [2.75, 3.05) is 19.6 Å². The zero-order valence-corrected chi connectivity index (χ0v) is 15.3. The normalized spacial score (nSPS) is 17.4. The minimum absolute atomic E-state index is 0.0270. The molecule has 1 aromatic heterocycles. The first-order chi connectivity index (χ1) is 11.2. The third-order valence-electron chi connectivity index (χ3n) is 4.49. The van der Waals surface area contributed by atoms with Crippen LogP contribution in [0.5, 0.6) is 0 Å². The summed E-state index contributed by atoms with van der Waals surface area (Å²) in [5, 5.41) is 1.62. The molecule has 1 aliphatic rings. The zero-order valence-electron chi connectivity index (χ0n) is 13.8. The summed E-state index contributed by atoms with van der Waals surface area (Å²) in [6, 6.07) is 5.24. The van der Waals surface area contributed by atoms with E-state index < -0.39 is 5.54 Å². The van der Waals surface area contributed by atoms with Gasteiger partial charge in [-0.1, -0.05) is 23.2 Å². The van der Waals surface area contributed by atoms with Gasteiger partial charge in [0.05, 0.1) is 15.6 Å². The molecule has 0 aliphatic carbocycles. The number of hydrogen-bond acceptors (Lipinski definition) is 2. The van der Waals surface area contributed by atoms with Gasteiger partial charge in [-0.25, -0.2) is 0 Å². The summed E-state index contributed by atoms with van der Waals surface area (Å²) in [4.78, 5) is 31.3. The van der Waals surface area contributed by atoms with Gasteiger partial charge >= 0.3 is 0 Å². The third kappa shape index (κ3) is 2.87. The van der Waals surface area contributed by atoms with Gasteiger partial charge in [-0.05, 0) is 32.0 Å². The van der Waals surface area contributed by atoms with Crippen LogP contribution >= 0.6 is 23.2 Å². The van der Waals surface area contributed by atoms with E-state index in [-0.39, 0.29) is 11.8 Å². The molecule has 3 rings (SSSR count). The maximum atomic E-state index is 12.8. The first-order valence-corrected chi connectivity index (χ1v) is 8.50. The molecule has 128 valence electrons. The lowest BCUT2D eigenvalue weighted by Crippen LogP contribution is -2.61. The second-order valence-electron chi connectivity index (χ2n) is 6.72. The number of H-pyrrole nitrogens is 1. The second-order valence-corrected chi connectivity index (χ2v) is 7.50. The number of piperazine rings is 1. The number of hydrogen-bond donors (Lipinski definition) is 1. The van der Waals surface area contributed by atoms with E-state index in [0.717, 1.165) is 10.9 Å². The number of fused-ring (bicyclic) bond motifs is 1. The summed E-state index contributed by atoms with van der Waals surface area (Å²) in [7, 11) is 0. The van der Waals surface area contributed by atoms with Crippen molar-refractivity contribution < 1.29 is 9.59 Å². The molecule has 1 aliphatic heterocycles. The molecular weight excluding hydrogens is 349 g/mol. The number of carbonyl (C=O) groups excluding carboxylic acids is 2. The Morgan fingerprint density at radius 2 is 1.92 bits per heavy atom. The molecular formula is C17H19Cl2N3O2. The van der Waals surface area contributed by atoms with Crippen LogP contribution in [0, 0.1) is 0 Å². The predicted molar refractivity (Wildman–Crippen MR) is 95.7 cm³/mol. The Hall–Kier alpha value is -1.72. The van der Waals surface area contributed by atoms with Gasteiger partial charge in [0.25, 0.3) is 5.91 Å². The smallest absolute Gasteiger partial charge is 0.270 e. The molecule has 2 aromatic rings. The van der Waals surface area contributed by atoms with Crippen LogP contribution < -0.4 is 0 Å². The molecule has 0 saturated carbocycles. The number of amides is 2. The lowest BCUT2D eigenvalue weighted by molar-refractivity contribution is -0.137. The Labute approximate surface area is 150 Å². The number of nitrogens with zero attached hydrogens (tertiary/aromatic N) is 2.